The van der Waals surface area contributed by atoms with Gasteiger partial charge in [-0.2, -0.15) is 0 Å². The molecule has 2 nitrogen and oxygen atoms in total. The van der Waals surface area contributed by atoms with Crippen molar-refractivity contribution in [2.45, 2.75) is 33.6 Å². The molecule has 0 saturated carbocycles. The summed E-state index contributed by atoms with van der Waals surface area (Å²) in [5.41, 5.74) is 1.19. The van der Waals surface area contributed by atoms with E-state index in [1.165, 1.54) is 12.1 Å². The van der Waals surface area contributed by atoms with E-state index in [-0.39, 0.29) is 0 Å². The summed E-state index contributed by atoms with van der Waals surface area (Å²) in [6.07, 6.45) is 4.13. The van der Waals surface area contributed by atoms with E-state index in [1.807, 2.05) is 6.20 Å². The van der Waals surface area contributed by atoms with Crippen molar-refractivity contribution in [3.63, 3.8) is 0 Å². The van der Waals surface area contributed by atoms with Gasteiger partial charge in [0.05, 0.1) is 0 Å². The number of hydrogen-bond acceptors (Lipinski definition) is 2. The summed E-state index contributed by atoms with van der Waals surface area (Å²) < 4.78 is 1.05. The van der Waals surface area contributed by atoms with Gasteiger partial charge in [0, 0.05) is 16.4 Å². The van der Waals surface area contributed by atoms with Crippen LogP contribution in [0.5, 0.6) is 0 Å². The molecule has 0 aliphatic heterocycles. The Kier molecular flexibility index (Phi) is 6.75. The maximum atomic E-state index is 4.45. The third-order valence-corrected chi connectivity index (χ3v) is 3.51. The molecule has 1 aromatic heterocycles. The van der Waals surface area contributed by atoms with Gasteiger partial charge in [-0.1, -0.05) is 20.8 Å². The number of aromatic nitrogens is 1. The van der Waals surface area contributed by atoms with Crippen molar-refractivity contribution >= 4 is 15.9 Å². The normalized spacial score (nSPS) is 13.0. The van der Waals surface area contributed by atoms with Crippen molar-refractivity contribution < 1.29 is 0 Å². The quantitative estimate of drug-likeness (QED) is 0.777. The van der Waals surface area contributed by atoms with Gasteiger partial charge in [0.1, 0.15) is 0 Å². The van der Waals surface area contributed by atoms with Crippen LogP contribution < -0.4 is 5.32 Å². The fourth-order valence-electron chi connectivity index (χ4n) is 1.80. The van der Waals surface area contributed by atoms with Crippen molar-refractivity contribution in [1.29, 1.82) is 0 Å². The fourth-order valence-corrected chi connectivity index (χ4v) is 2.04. The van der Waals surface area contributed by atoms with Crippen LogP contribution in [-0.4, -0.2) is 18.1 Å². The van der Waals surface area contributed by atoms with E-state index in [0.717, 1.165) is 24.0 Å². The Balaban J connectivity index is 2.51. The lowest BCUT2D eigenvalue weighted by molar-refractivity contribution is 0.358. The number of nitrogens with one attached hydrogen (secondary N) is 1. The Morgan fingerprint density at radius 3 is 2.65 bits per heavy atom. The van der Waals surface area contributed by atoms with Crippen LogP contribution in [0.3, 0.4) is 0 Å². The largest absolute Gasteiger partial charge is 0.316 e. The minimum Gasteiger partial charge on any atom is -0.316 e. The second-order valence-corrected chi connectivity index (χ2v) is 5.80. The standard InChI is InChI=1S/C14H23BrN2/c1-4-7-16-9-12(11(2)3)8-14-6-5-13(15)10-17-14/h5-6,10-12,16H,4,7-9H2,1-3H3. The molecule has 3 heteroatoms. The van der Waals surface area contributed by atoms with Crippen molar-refractivity contribution in [1.82, 2.24) is 10.3 Å². The lowest BCUT2D eigenvalue weighted by Crippen LogP contribution is -2.28. The van der Waals surface area contributed by atoms with Gasteiger partial charge in [-0.3, -0.25) is 4.98 Å². The van der Waals surface area contributed by atoms with Gasteiger partial charge in [0.2, 0.25) is 0 Å². The molecule has 0 amide bonds. The third-order valence-electron chi connectivity index (χ3n) is 3.04. The number of pyridine rings is 1. The van der Waals surface area contributed by atoms with Gasteiger partial charge < -0.3 is 5.32 Å². The van der Waals surface area contributed by atoms with Crippen LogP contribution >= 0.6 is 15.9 Å². The van der Waals surface area contributed by atoms with E-state index < -0.39 is 0 Å². The van der Waals surface area contributed by atoms with Crippen molar-refractivity contribution in [3.8, 4) is 0 Å². The number of rotatable bonds is 7. The second kappa shape index (κ2) is 7.83. The second-order valence-electron chi connectivity index (χ2n) is 4.88. The minimum absolute atomic E-state index is 0.662. The van der Waals surface area contributed by atoms with E-state index in [9.17, 15) is 0 Å². The van der Waals surface area contributed by atoms with Gasteiger partial charge >= 0.3 is 0 Å². The molecule has 1 unspecified atom stereocenters. The van der Waals surface area contributed by atoms with Crippen LogP contribution in [0.2, 0.25) is 0 Å². The SMILES string of the molecule is CCCNCC(Cc1ccc(Br)cn1)C(C)C. The Hall–Kier alpha value is -0.410. The Bertz CT molecular complexity index is 309. The maximum Gasteiger partial charge on any atom is 0.0413 e. The predicted octanol–water partition coefficient (Wildman–Crippen LogP) is 3.66. The molecule has 1 N–H and O–H groups in total. The first-order valence-electron chi connectivity index (χ1n) is 6.44. The van der Waals surface area contributed by atoms with Gasteiger partial charge in [-0.15, -0.1) is 0 Å². The van der Waals surface area contributed by atoms with Crippen LogP contribution in [0, 0.1) is 11.8 Å². The van der Waals surface area contributed by atoms with E-state index in [2.05, 4.69) is 59.1 Å². The Morgan fingerprint density at radius 1 is 1.35 bits per heavy atom. The molecular weight excluding hydrogens is 276 g/mol. The highest BCUT2D eigenvalue weighted by Crippen LogP contribution is 2.16. The first-order valence-corrected chi connectivity index (χ1v) is 7.24. The number of halogens is 1. The first kappa shape index (κ1) is 14.7. The van der Waals surface area contributed by atoms with Gasteiger partial charge in [-0.05, 0) is 65.8 Å². The molecule has 0 fully saturated rings. The lowest BCUT2D eigenvalue weighted by atomic mass is 9.91. The summed E-state index contributed by atoms with van der Waals surface area (Å²) in [5.74, 6) is 1.35. The molecule has 0 radical (unpaired) electrons. The molecule has 0 saturated heterocycles. The van der Waals surface area contributed by atoms with Gasteiger partial charge in [0.15, 0.2) is 0 Å². The summed E-state index contributed by atoms with van der Waals surface area (Å²) in [7, 11) is 0. The van der Waals surface area contributed by atoms with Crippen LogP contribution in [0.25, 0.3) is 0 Å². The molecule has 1 atom stereocenters. The van der Waals surface area contributed by atoms with E-state index >= 15 is 0 Å². The van der Waals surface area contributed by atoms with Crippen molar-refractivity contribution in [2.24, 2.45) is 11.8 Å². The van der Waals surface area contributed by atoms with E-state index in [1.54, 1.807) is 0 Å². The average Bonchev–Trinajstić information content (AvgIpc) is 2.30. The fraction of sp³-hybridized carbons (Fsp3) is 0.643. The Morgan fingerprint density at radius 2 is 2.12 bits per heavy atom. The van der Waals surface area contributed by atoms with Crippen LogP contribution in [0.1, 0.15) is 32.9 Å². The summed E-state index contributed by atoms with van der Waals surface area (Å²) in [4.78, 5) is 4.45. The topological polar surface area (TPSA) is 24.9 Å². The van der Waals surface area contributed by atoms with Gasteiger partial charge in [-0.25, -0.2) is 0 Å². The maximum absolute atomic E-state index is 4.45. The van der Waals surface area contributed by atoms with Crippen LogP contribution in [0.4, 0.5) is 0 Å². The molecule has 1 heterocycles. The van der Waals surface area contributed by atoms with Crippen molar-refractivity contribution in [3.05, 3.63) is 28.5 Å². The monoisotopic (exact) mass is 298 g/mol. The molecule has 1 rings (SSSR count). The van der Waals surface area contributed by atoms with Crippen molar-refractivity contribution in [2.75, 3.05) is 13.1 Å². The summed E-state index contributed by atoms with van der Waals surface area (Å²) in [6.45, 7) is 8.97. The highest BCUT2D eigenvalue weighted by atomic mass is 79.9. The summed E-state index contributed by atoms with van der Waals surface area (Å²) in [6, 6.07) is 4.18. The minimum atomic E-state index is 0.662. The Labute approximate surface area is 113 Å². The average molecular weight is 299 g/mol. The highest BCUT2D eigenvalue weighted by molar-refractivity contribution is 9.10. The lowest BCUT2D eigenvalue weighted by Gasteiger charge is -2.21. The van der Waals surface area contributed by atoms with E-state index in [4.69, 9.17) is 0 Å². The molecule has 0 aliphatic rings. The smallest absolute Gasteiger partial charge is 0.0413 e. The highest BCUT2D eigenvalue weighted by Gasteiger charge is 2.14. The molecular formula is C14H23BrN2. The molecule has 1 aromatic rings. The van der Waals surface area contributed by atoms with E-state index in [0.29, 0.717) is 11.8 Å². The summed E-state index contributed by atoms with van der Waals surface area (Å²) in [5, 5.41) is 3.51. The zero-order valence-corrected chi connectivity index (χ0v) is 12.6. The number of hydrogen-bond donors (Lipinski definition) is 1. The molecule has 17 heavy (non-hydrogen) atoms. The zero-order valence-electron chi connectivity index (χ0n) is 11.0. The van der Waals surface area contributed by atoms with Crippen LogP contribution in [0.15, 0.2) is 22.8 Å². The molecule has 0 bridgehead atoms. The van der Waals surface area contributed by atoms with Crippen LogP contribution in [-0.2, 0) is 6.42 Å². The zero-order chi connectivity index (χ0) is 12.7. The molecule has 0 aliphatic carbocycles. The first-order chi connectivity index (χ1) is 8.13. The molecule has 0 aromatic carbocycles. The molecule has 0 spiro atoms. The third kappa shape index (κ3) is 5.64. The molecule has 96 valence electrons. The predicted molar refractivity (Wildman–Crippen MR) is 77.1 cm³/mol. The van der Waals surface area contributed by atoms with Gasteiger partial charge in [0.25, 0.3) is 0 Å². The summed E-state index contributed by atoms with van der Waals surface area (Å²) >= 11 is 3.42. The number of nitrogens with zero attached hydrogens (tertiary/aromatic N) is 1.